The van der Waals surface area contributed by atoms with Gasteiger partial charge < -0.3 is 5.32 Å². The van der Waals surface area contributed by atoms with E-state index in [-0.39, 0.29) is 0 Å². The van der Waals surface area contributed by atoms with E-state index in [9.17, 15) is 0 Å². The molecule has 0 bridgehead atoms. The molecule has 4 nitrogen and oxygen atoms in total. The Morgan fingerprint density at radius 2 is 2.37 bits per heavy atom. The number of nitrogens with one attached hydrogen (secondary N) is 1. The van der Waals surface area contributed by atoms with Crippen LogP contribution in [0.1, 0.15) is 13.3 Å². The standard InChI is InChI=1S/C13H15ClN4S/c1-9-5-10(6-19-9)17-12-4-2-3-11(14)13(12)18-8-15-7-16-18/h2-4,7-10,17H,5-6H2,1H3. The zero-order valence-electron chi connectivity index (χ0n) is 10.6. The first-order valence-corrected chi connectivity index (χ1v) is 7.68. The van der Waals surface area contributed by atoms with Gasteiger partial charge in [0.1, 0.15) is 18.3 Å². The second-order valence-corrected chi connectivity index (χ2v) is 6.58. The maximum absolute atomic E-state index is 6.30. The van der Waals surface area contributed by atoms with Gasteiger partial charge in [0.05, 0.1) is 10.7 Å². The summed E-state index contributed by atoms with van der Waals surface area (Å²) >= 11 is 8.30. The molecule has 6 heteroatoms. The molecule has 0 radical (unpaired) electrons. The molecule has 2 heterocycles. The van der Waals surface area contributed by atoms with E-state index in [0.717, 1.165) is 17.1 Å². The lowest BCUT2D eigenvalue weighted by atomic mass is 10.1. The number of rotatable bonds is 3. The molecule has 1 aromatic carbocycles. The molecular weight excluding hydrogens is 280 g/mol. The van der Waals surface area contributed by atoms with Gasteiger partial charge in [-0.1, -0.05) is 24.6 Å². The number of halogens is 1. The van der Waals surface area contributed by atoms with Gasteiger partial charge >= 0.3 is 0 Å². The highest BCUT2D eigenvalue weighted by Gasteiger charge is 2.23. The third kappa shape index (κ3) is 2.72. The van der Waals surface area contributed by atoms with Crippen LogP contribution in [0, 0.1) is 0 Å². The number of nitrogens with zero attached hydrogens (tertiary/aromatic N) is 3. The molecule has 0 aliphatic carbocycles. The summed E-state index contributed by atoms with van der Waals surface area (Å²) in [5.74, 6) is 1.13. The number of hydrogen-bond donors (Lipinski definition) is 1. The molecule has 1 fully saturated rings. The van der Waals surface area contributed by atoms with Crippen LogP contribution >= 0.6 is 23.4 Å². The smallest absolute Gasteiger partial charge is 0.138 e. The molecule has 1 saturated heterocycles. The van der Waals surface area contributed by atoms with E-state index in [1.165, 1.54) is 12.7 Å². The van der Waals surface area contributed by atoms with Gasteiger partial charge in [0.25, 0.3) is 0 Å². The average molecular weight is 295 g/mol. The minimum absolute atomic E-state index is 0.487. The zero-order chi connectivity index (χ0) is 13.2. The number of para-hydroxylation sites is 1. The van der Waals surface area contributed by atoms with Crippen LogP contribution in [-0.4, -0.2) is 31.8 Å². The predicted molar refractivity (Wildman–Crippen MR) is 80.3 cm³/mol. The predicted octanol–water partition coefficient (Wildman–Crippen LogP) is 3.23. The summed E-state index contributed by atoms with van der Waals surface area (Å²) in [4.78, 5) is 3.99. The van der Waals surface area contributed by atoms with Crippen molar-refractivity contribution in [1.29, 1.82) is 0 Å². The van der Waals surface area contributed by atoms with Crippen LogP contribution in [0.5, 0.6) is 0 Å². The van der Waals surface area contributed by atoms with Crippen LogP contribution in [0.3, 0.4) is 0 Å². The summed E-state index contributed by atoms with van der Waals surface area (Å²) in [6, 6.07) is 6.35. The molecule has 2 aromatic rings. The van der Waals surface area contributed by atoms with Crippen molar-refractivity contribution in [3.8, 4) is 5.69 Å². The molecule has 0 saturated carbocycles. The first-order valence-electron chi connectivity index (χ1n) is 6.25. The molecule has 2 atom stereocenters. The molecule has 1 aliphatic rings. The summed E-state index contributed by atoms with van der Waals surface area (Å²) in [6.07, 6.45) is 4.35. The van der Waals surface area contributed by atoms with Crippen molar-refractivity contribution >= 4 is 29.1 Å². The Labute approximate surface area is 121 Å². The van der Waals surface area contributed by atoms with Gasteiger partial charge in [0.2, 0.25) is 0 Å². The Balaban J connectivity index is 1.91. The number of benzene rings is 1. The molecule has 2 unspecified atom stereocenters. The van der Waals surface area contributed by atoms with Crippen LogP contribution < -0.4 is 5.32 Å². The minimum atomic E-state index is 0.487. The van der Waals surface area contributed by atoms with Crippen molar-refractivity contribution in [3.63, 3.8) is 0 Å². The third-order valence-electron chi connectivity index (χ3n) is 3.19. The zero-order valence-corrected chi connectivity index (χ0v) is 12.2. The van der Waals surface area contributed by atoms with E-state index in [2.05, 4.69) is 22.3 Å². The molecule has 0 amide bonds. The van der Waals surface area contributed by atoms with E-state index < -0.39 is 0 Å². The van der Waals surface area contributed by atoms with E-state index in [0.29, 0.717) is 16.3 Å². The largest absolute Gasteiger partial charge is 0.380 e. The number of thioether (sulfide) groups is 1. The molecule has 1 N–H and O–H groups in total. The van der Waals surface area contributed by atoms with Gasteiger partial charge in [-0.2, -0.15) is 16.9 Å². The van der Waals surface area contributed by atoms with Crippen molar-refractivity contribution in [2.24, 2.45) is 0 Å². The van der Waals surface area contributed by atoms with E-state index in [1.807, 2.05) is 30.0 Å². The number of hydrogen-bond acceptors (Lipinski definition) is 4. The summed E-state index contributed by atoms with van der Waals surface area (Å²) in [5, 5.41) is 9.14. The van der Waals surface area contributed by atoms with Gasteiger partial charge in [-0.05, 0) is 18.6 Å². The maximum Gasteiger partial charge on any atom is 0.138 e. The van der Waals surface area contributed by atoms with Crippen LogP contribution in [0.25, 0.3) is 5.69 Å². The molecule has 19 heavy (non-hydrogen) atoms. The molecule has 1 aromatic heterocycles. The van der Waals surface area contributed by atoms with Gasteiger partial charge in [-0.3, -0.25) is 0 Å². The Hall–Kier alpha value is -1.20. The van der Waals surface area contributed by atoms with E-state index >= 15 is 0 Å². The van der Waals surface area contributed by atoms with Crippen LogP contribution in [0.4, 0.5) is 5.69 Å². The van der Waals surface area contributed by atoms with Crippen LogP contribution in [0.15, 0.2) is 30.9 Å². The summed E-state index contributed by atoms with van der Waals surface area (Å²) in [5.41, 5.74) is 1.88. The van der Waals surface area contributed by atoms with Crippen molar-refractivity contribution in [3.05, 3.63) is 35.9 Å². The monoisotopic (exact) mass is 294 g/mol. The fraction of sp³-hybridized carbons (Fsp3) is 0.385. The lowest BCUT2D eigenvalue weighted by Gasteiger charge is -2.17. The lowest BCUT2D eigenvalue weighted by Crippen LogP contribution is -2.20. The third-order valence-corrected chi connectivity index (χ3v) is 4.85. The second kappa shape index (κ2) is 5.43. The van der Waals surface area contributed by atoms with Crippen LogP contribution in [0.2, 0.25) is 5.02 Å². The van der Waals surface area contributed by atoms with E-state index in [1.54, 1.807) is 11.0 Å². The first kappa shape index (κ1) is 12.8. The molecule has 3 rings (SSSR count). The van der Waals surface area contributed by atoms with Gasteiger partial charge in [-0.25, -0.2) is 9.67 Å². The number of anilines is 1. The van der Waals surface area contributed by atoms with Crippen molar-refractivity contribution in [2.75, 3.05) is 11.1 Å². The Bertz CT molecular complexity index is 558. The van der Waals surface area contributed by atoms with Gasteiger partial charge in [0, 0.05) is 17.0 Å². The fourth-order valence-electron chi connectivity index (χ4n) is 2.33. The number of aromatic nitrogens is 3. The Morgan fingerprint density at radius 1 is 1.47 bits per heavy atom. The van der Waals surface area contributed by atoms with Crippen molar-refractivity contribution in [1.82, 2.24) is 14.8 Å². The van der Waals surface area contributed by atoms with Gasteiger partial charge in [0.15, 0.2) is 0 Å². The second-order valence-electron chi connectivity index (χ2n) is 4.70. The first-order chi connectivity index (χ1) is 9.24. The molecular formula is C13H15ClN4S. The highest BCUT2D eigenvalue weighted by molar-refractivity contribution is 8.00. The lowest BCUT2D eigenvalue weighted by molar-refractivity contribution is 0.744. The average Bonchev–Trinajstić information content (AvgIpc) is 3.01. The Morgan fingerprint density at radius 3 is 3.05 bits per heavy atom. The topological polar surface area (TPSA) is 42.7 Å². The Kier molecular flexibility index (Phi) is 3.66. The van der Waals surface area contributed by atoms with Crippen LogP contribution in [-0.2, 0) is 0 Å². The van der Waals surface area contributed by atoms with Gasteiger partial charge in [-0.15, -0.1) is 0 Å². The highest BCUT2D eigenvalue weighted by atomic mass is 35.5. The molecule has 100 valence electrons. The van der Waals surface area contributed by atoms with Crippen molar-refractivity contribution in [2.45, 2.75) is 24.6 Å². The summed E-state index contributed by atoms with van der Waals surface area (Å²) in [6.45, 7) is 2.27. The molecule has 0 spiro atoms. The summed E-state index contributed by atoms with van der Waals surface area (Å²) < 4.78 is 1.70. The molecule has 1 aliphatic heterocycles. The SMILES string of the molecule is CC1CC(Nc2cccc(Cl)c2-n2cncn2)CS1. The quantitative estimate of drug-likeness (QED) is 0.944. The van der Waals surface area contributed by atoms with Crippen molar-refractivity contribution < 1.29 is 0 Å². The fourth-order valence-corrected chi connectivity index (χ4v) is 3.74. The highest BCUT2D eigenvalue weighted by Crippen LogP contribution is 2.32. The normalized spacial score (nSPS) is 22.6. The summed E-state index contributed by atoms with van der Waals surface area (Å²) in [7, 11) is 0. The van der Waals surface area contributed by atoms with E-state index in [4.69, 9.17) is 11.6 Å². The minimum Gasteiger partial charge on any atom is -0.380 e. The maximum atomic E-state index is 6.30.